The van der Waals surface area contributed by atoms with Crippen LogP contribution in [-0.2, 0) is 9.59 Å². The number of anilines is 2. The number of amides is 3. The maximum absolute atomic E-state index is 12.4. The normalized spacial score (nSPS) is 11.0. The summed E-state index contributed by atoms with van der Waals surface area (Å²) < 4.78 is 0. The molecule has 0 spiro atoms. The van der Waals surface area contributed by atoms with Gasteiger partial charge in [-0.05, 0) is 50.1 Å². The molecule has 0 radical (unpaired) electrons. The molecular weight excluding hydrogens is 366 g/mol. The SMILES string of the molecule is Cc1cc(C)c(NC(=O)CNC(=O)c2cccc(NC(=O)C(C)(C)C)c2)c(C)c1. The fourth-order valence-electron chi connectivity index (χ4n) is 2.88. The maximum atomic E-state index is 12.4. The zero-order valence-corrected chi connectivity index (χ0v) is 17.9. The van der Waals surface area contributed by atoms with E-state index in [-0.39, 0.29) is 24.3 Å². The summed E-state index contributed by atoms with van der Waals surface area (Å²) in [5.41, 5.74) is 4.21. The van der Waals surface area contributed by atoms with Crippen molar-refractivity contribution in [1.29, 1.82) is 0 Å². The Morgan fingerprint density at radius 2 is 1.52 bits per heavy atom. The Kier molecular flexibility index (Phi) is 6.80. The number of benzene rings is 2. The molecule has 6 nitrogen and oxygen atoms in total. The van der Waals surface area contributed by atoms with Crippen LogP contribution >= 0.6 is 0 Å². The minimum absolute atomic E-state index is 0.140. The van der Waals surface area contributed by atoms with Crippen LogP contribution in [0.4, 0.5) is 11.4 Å². The lowest BCUT2D eigenvalue weighted by atomic mass is 9.95. The first-order valence-corrected chi connectivity index (χ1v) is 9.55. The van der Waals surface area contributed by atoms with Crippen molar-refractivity contribution in [2.45, 2.75) is 41.5 Å². The Hall–Kier alpha value is -3.15. The van der Waals surface area contributed by atoms with Crippen molar-refractivity contribution < 1.29 is 14.4 Å². The Labute approximate surface area is 172 Å². The fraction of sp³-hybridized carbons (Fsp3) is 0.348. The highest BCUT2D eigenvalue weighted by Gasteiger charge is 2.21. The van der Waals surface area contributed by atoms with E-state index in [0.29, 0.717) is 11.3 Å². The van der Waals surface area contributed by atoms with Gasteiger partial charge in [-0.3, -0.25) is 14.4 Å². The third-order valence-electron chi connectivity index (χ3n) is 4.41. The van der Waals surface area contributed by atoms with Crippen LogP contribution in [0.5, 0.6) is 0 Å². The summed E-state index contributed by atoms with van der Waals surface area (Å²) in [6.45, 7) is 11.2. The minimum atomic E-state index is -0.539. The molecule has 3 N–H and O–H groups in total. The molecule has 2 aromatic carbocycles. The second-order valence-electron chi connectivity index (χ2n) is 8.29. The van der Waals surface area contributed by atoms with Gasteiger partial charge < -0.3 is 16.0 Å². The summed E-state index contributed by atoms with van der Waals surface area (Å²) in [5, 5.41) is 8.27. The van der Waals surface area contributed by atoms with Gasteiger partial charge in [0.05, 0.1) is 6.54 Å². The second-order valence-corrected chi connectivity index (χ2v) is 8.29. The average Bonchev–Trinajstić information content (AvgIpc) is 2.62. The van der Waals surface area contributed by atoms with Crippen molar-refractivity contribution in [2.24, 2.45) is 5.41 Å². The van der Waals surface area contributed by atoms with Gasteiger partial charge in [0.1, 0.15) is 0 Å². The molecule has 0 aliphatic rings. The first-order chi connectivity index (χ1) is 13.5. The third-order valence-corrected chi connectivity index (χ3v) is 4.41. The van der Waals surface area contributed by atoms with Crippen LogP contribution in [0.15, 0.2) is 36.4 Å². The maximum Gasteiger partial charge on any atom is 0.251 e. The fourth-order valence-corrected chi connectivity index (χ4v) is 2.88. The topological polar surface area (TPSA) is 87.3 Å². The standard InChI is InChI=1S/C23H29N3O3/c1-14-10-15(2)20(16(3)11-14)26-19(27)13-24-21(28)17-8-7-9-18(12-17)25-22(29)23(4,5)6/h7-12H,13H2,1-6H3,(H,24,28)(H,25,29)(H,26,27). The van der Waals surface area contributed by atoms with Crippen LogP contribution in [0.25, 0.3) is 0 Å². The Morgan fingerprint density at radius 1 is 0.897 bits per heavy atom. The highest BCUT2D eigenvalue weighted by molar-refractivity contribution is 6.01. The molecule has 6 heteroatoms. The van der Waals surface area contributed by atoms with Crippen molar-refractivity contribution in [3.05, 3.63) is 58.7 Å². The molecule has 0 aromatic heterocycles. The van der Waals surface area contributed by atoms with Gasteiger partial charge in [0.15, 0.2) is 0 Å². The van der Waals surface area contributed by atoms with E-state index in [2.05, 4.69) is 16.0 Å². The summed E-state index contributed by atoms with van der Waals surface area (Å²) >= 11 is 0. The van der Waals surface area contributed by atoms with E-state index in [0.717, 1.165) is 22.4 Å². The van der Waals surface area contributed by atoms with Gasteiger partial charge in [-0.15, -0.1) is 0 Å². The lowest BCUT2D eigenvalue weighted by Crippen LogP contribution is -2.33. The summed E-state index contributed by atoms with van der Waals surface area (Å²) in [4.78, 5) is 36.8. The Morgan fingerprint density at radius 3 is 2.10 bits per heavy atom. The lowest BCUT2D eigenvalue weighted by molar-refractivity contribution is -0.123. The molecule has 2 aromatic rings. The van der Waals surface area contributed by atoms with Crippen LogP contribution in [0.2, 0.25) is 0 Å². The number of rotatable bonds is 5. The van der Waals surface area contributed by atoms with Gasteiger partial charge in [-0.1, -0.05) is 44.5 Å². The highest BCUT2D eigenvalue weighted by atomic mass is 16.2. The number of carbonyl (C=O) groups excluding carboxylic acids is 3. The first kappa shape index (κ1) is 22.1. The number of aryl methyl sites for hydroxylation is 3. The van der Waals surface area contributed by atoms with Gasteiger partial charge in [-0.25, -0.2) is 0 Å². The van der Waals surface area contributed by atoms with Crippen molar-refractivity contribution in [1.82, 2.24) is 5.32 Å². The van der Waals surface area contributed by atoms with Crippen LogP contribution in [0, 0.1) is 26.2 Å². The zero-order valence-electron chi connectivity index (χ0n) is 17.9. The molecule has 0 saturated heterocycles. The summed E-state index contributed by atoms with van der Waals surface area (Å²) in [5.74, 6) is -0.826. The quantitative estimate of drug-likeness (QED) is 0.716. The van der Waals surface area contributed by atoms with Gasteiger partial charge in [0, 0.05) is 22.4 Å². The smallest absolute Gasteiger partial charge is 0.251 e. The number of hydrogen-bond donors (Lipinski definition) is 3. The molecule has 0 aliphatic heterocycles. The predicted molar refractivity (Wildman–Crippen MR) is 116 cm³/mol. The van der Waals surface area contributed by atoms with Crippen LogP contribution in [-0.4, -0.2) is 24.3 Å². The summed E-state index contributed by atoms with van der Waals surface area (Å²) in [7, 11) is 0. The molecule has 0 bridgehead atoms. The van der Waals surface area contributed by atoms with Crippen LogP contribution in [0.3, 0.4) is 0 Å². The molecule has 0 atom stereocenters. The largest absolute Gasteiger partial charge is 0.343 e. The highest BCUT2D eigenvalue weighted by Crippen LogP contribution is 2.22. The van der Waals surface area contributed by atoms with E-state index in [9.17, 15) is 14.4 Å². The van der Waals surface area contributed by atoms with Crippen LogP contribution < -0.4 is 16.0 Å². The molecule has 0 saturated carbocycles. The molecule has 0 aliphatic carbocycles. The van der Waals surface area contributed by atoms with E-state index in [1.807, 2.05) is 53.7 Å². The molecule has 0 heterocycles. The second kappa shape index (κ2) is 8.90. The first-order valence-electron chi connectivity index (χ1n) is 9.55. The number of hydrogen-bond acceptors (Lipinski definition) is 3. The van der Waals surface area contributed by atoms with Crippen LogP contribution in [0.1, 0.15) is 47.8 Å². The van der Waals surface area contributed by atoms with Crippen molar-refractivity contribution in [2.75, 3.05) is 17.2 Å². The van der Waals surface area contributed by atoms with E-state index < -0.39 is 5.41 Å². The predicted octanol–water partition coefficient (Wildman–Crippen LogP) is 3.96. The van der Waals surface area contributed by atoms with E-state index in [1.165, 1.54) is 0 Å². The molecular formula is C23H29N3O3. The average molecular weight is 396 g/mol. The minimum Gasteiger partial charge on any atom is -0.343 e. The van der Waals surface area contributed by atoms with Gasteiger partial charge in [0.2, 0.25) is 11.8 Å². The Bertz CT molecular complexity index is 920. The van der Waals surface area contributed by atoms with Gasteiger partial charge in [-0.2, -0.15) is 0 Å². The number of carbonyl (C=O) groups is 3. The molecule has 29 heavy (non-hydrogen) atoms. The lowest BCUT2D eigenvalue weighted by Gasteiger charge is -2.18. The Balaban J connectivity index is 1.98. The van der Waals surface area contributed by atoms with E-state index in [4.69, 9.17) is 0 Å². The van der Waals surface area contributed by atoms with Crippen molar-refractivity contribution in [3.8, 4) is 0 Å². The third kappa shape index (κ3) is 6.17. The molecule has 154 valence electrons. The van der Waals surface area contributed by atoms with Crippen molar-refractivity contribution >= 4 is 29.1 Å². The van der Waals surface area contributed by atoms with Gasteiger partial charge in [0.25, 0.3) is 5.91 Å². The van der Waals surface area contributed by atoms with Crippen molar-refractivity contribution in [3.63, 3.8) is 0 Å². The molecule has 0 unspecified atom stereocenters. The summed E-state index contributed by atoms with van der Waals surface area (Å²) in [6, 6.07) is 10.6. The molecule has 2 rings (SSSR count). The zero-order chi connectivity index (χ0) is 21.8. The monoisotopic (exact) mass is 395 g/mol. The van der Waals surface area contributed by atoms with E-state index >= 15 is 0 Å². The number of nitrogens with one attached hydrogen (secondary N) is 3. The molecule has 0 fully saturated rings. The van der Waals surface area contributed by atoms with E-state index in [1.54, 1.807) is 24.3 Å². The summed E-state index contributed by atoms with van der Waals surface area (Å²) in [6.07, 6.45) is 0. The molecule has 3 amide bonds. The van der Waals surface area contributed by atoms with Gasteiger partial charge >= 0.3 is 0 Å².